The molecule has 0 saturated carbocycles. The minimum Gasteiger partial charge on any atom is -0.444 e. The Bertz CT molecular complexity index is 1300. The Kier molecular flexibility index (Phi) is 7.20. The van der Waals surface area contributed by atoms with Crippen LogP contribution in [0.2, 0.25) is 0 Å². The molecule has 178 valence electrons. The number of amides is 2. The SMILES string of the molecule is Cc1cc([C@H](C)NC(=O)CNC(=O)OC(C)(C)C)ccc1C(=O)c1cccc2c(=O)[nH]ccc12. The zero-order valence-corrected chi connectivity index (χ0v) is 19.9. The maximum Gasteiger partial charge on any atom is 0.408 e. The zero-order chi connectivity index (χ0) is 25.0. The van der Waals surface area contributed by atoms with Crippen LogP contribution >= 0.6 is 0 Å². The first-order chi connectivity index (χ1) is 16.0. The molecular weight excluding hydrogens is 434 g/mol. The summed E-state index contributed by atoms with van der Waals surface area (Å²) in [5.74, 6) is -0.546. The summed E-state index contributed by atoms with van der Waals surface area (Å²) in [6.07, 6.45) is 0.865. The fourth-order valence-corrected chi connectivity index (χ4v) is 3.62. The van der Waals surface area contributed by atoms with E-state index in [0.717, 1.165) is 11.1 Å². The van der Waals surface area contributed by atoms with E-state index in [4.69, 9.17) is 4.74 Å². The number of rotatable bonds is 6. The van der Waals surface area contributed by atoms with Gasteiger partial charge < -0.3 is 20.4 Å². The second-order valence-corrected chi connectivity index (χ2v) is 9.12. The smallest absolute Gasteiger partial charge is 0.408 e. The number of pyridine rings is 1. The number of fused-ring (bicyclic) bond motifs is 1. The molecule has 3 N–H and O–H groups in total. The van der Waals surface area contributed by atoms with Crippen LogP contribution in [0.4, 0.5) is 4.79 Å². The third-order valence-corrected chi connectivity index (χ3v) is 5.22. The molecule has 2 amide bonds. The first-order valence-corrected chi connectivity index (χ1v) is 11.0. The summed E-state index contributed by atoms with van der Waals surface area (Å²) in [4.78, 5) is 51.9. The standard InChI is InChI=1S/C26H29N3O5/c1-15-13-17(16(2)29-22(30)14-28-25(33)34-26(3,4)5)9-10-18(15)23(31)20-7-6-8-21-19(20)11-12-27-24(21)32/h6-13,16H,14H2,1-5H3,(H,27,32)(H,28,33)(H,29,30)/t16-/m0/s1. The van der Waals surface area contributed by atoms with Gasteiger partial charge in [0.05, 0.1) is 6.04 Å². The van der Waals surface area contributed by atoms with E-state index in [-0.39, 0.29) is 29.8 Å². The molecule has 0 fully saturated rings. The molecule has 1 atom stereocenters. The average Bonchev–Trinajstić information content (AvgIpc) is 2.76. The average molecular weight is 464 g/mol. The number of ketones is 1. The molecule has 8 heteroatoms. The number of alkyl carbamates (subject to hydrolysis) is 1. The molecular formula is C26H29N3O5. The molecule has 0 spiro atoms. The van der Waals surface area contributed by atoms with Crippen molar-refractivity contribution in [2.45, 2.75) is 46.3 Å². The van der Waals surface area contributed by atoms with Gasteiger partial charge in [-0.1, -0.05) is 30.3 Å². The van der Waals surface area contributed by atoms with Crippen molar-refractivity contribution in [2.75, 3.05) is 6.54 Å². The summed E-state index contributed by atoms with van der Waals surface area (Å²) < 4.78 is 5.12. The van der Waals surface area contributed by atoms with Gasteiger partial charge >= 0.3 is 6.09 Å². The summed E-state index contributed by atoms with van der Waals surface area (Å²) in [5, 5.41) is 6.30. The number of aromatic nitrogens is 1. The van der Waals surface area contributed by atoms with Gasteiger partial charge in [0.15, 0.2) is 5.78 Å². The first kappa shape index (κ1) is 24.7. The molecule has 0 aliphatic rings. The molecule has 0 bridgehead atoms. The van der Waals surface area contributed by atoms with Crippen molar-refractivity contribution < 1.29 is 19.1 Å². The summed E-state index contributed by atoms with van der Waals surface area (Å²) >= 11 is 0. The molecule has 0 radical (unpaired) electrons. The number of aryl methyl sites for hydroxylation is 1. The van der Waals surface area contributed by atoms with Crippen LogP contribution in [0.25, 0.3) is 10.8 Å². The van der Waals surface area contributed by atoms with Gasteiger partial charge in [0.25, 0.3) is 5.56 Å². The van der Waals surface area contributed by atoms with Gasteiger partial charge in [-0.25, -0.2) is 4.79 Å². The second-order valence-electron chi connectivity index (χ2n) is 9.12. The third kappa shape index (κ3) is 5.89. The normalized spacial score (nSPS) is 12.1. The van der Waals surface area contributed by atoms with E-state index in [1.807, 2.05) is 19.9 Å². The van der Waals surface area contributed by atoms with Gasteiger partial charge in [0.2, 0.25) is 5.91 Å². The van der Waals surface area contributed by atoms with Crippen LogP contribution in [0, 0.1) is 6.92 Å². The van der Waals surface area contributed by atoms with E-state index in [0.29, 0.717) is 21.9 Å². The molecule has 3 rings (SSSR count). The van der Waals surface area contributed by atoms with E-state index in [1.165, 1.54) is 6.20 Å². The summed E-state index contributed by atoms with van der Waals surface area (Å²) in [5.41, 5.74) is 1.64. The number of H-pyrrole nitrogens is 1. The fraction of sp³-hybridized carbons (Fsp3) is 0.308. The molecule has 34 heavy (non-hydrogen) atoms. The minimum atomic E-state index is -0.663. The molecule has 3 aromatic rings. The van der Waals surface area contributed by atoms with E-state index in [9.17, 15) is 19.2 Å². The lowest BCUT2D eigenvalue weighted by atomic mass is 9.93. The van der Waals surface area contributed by atoms with E-state index >= 15 is 0 Å². The number of aromatic amines is 1. The van der Waals surface area contributed by atoms with Crippen molar-refractivity contribution in [2.24, 2.45) is 0 Å². The Hall–Kier alpha value is -3.94. The molecule has 0 aliphatic heterocycles. The van der Waals surface area contributed by atoms with Crippen LogP contribution in [-0.4, -0.2) is 34.9 Å². The molecule has 1 aromatic heterocycles. The highest BCUT2D eigenvalue weighted by Gasteiger charge is 2.19. The van der Waals surface area contributed by atoms with E-state index in [2.05, 4.69) is 15.6 Å². The van der Waals surface area contributed by atoms with E-state index < -0.39 is 11.7 Å². The number of carbonyl (C=O) groups is 3. The number of benzene rings is 2. The minimum absolute atomic E-state index is 0.182. The van der Waals surface area contributed by atoms with E-state index in [1.54, 1.807) is 57.2 Å². The van der Waals surface area contributed by atoms with Crippen molar-refractivity contribution in [1.82, 2.24) is 15.6 Å². The van der Waals surface area contributed by atoms with Crippen molar-refractivity contribution in [3.05, 3.63) is 81.3 Å². The van der Waals surface area contributed by atoms with Crippen molar-refractivity contribution in [3.63, 3.8) is 0 Å². The Morgan fingerprint density at radius 1 is 1.03 bits per heavy atom. The Morgan fingerprint density at radius 2 is 1.76 bits per heavy atom. The van der Waals surface area contributed by atoms with Crippen LogP contribution in [0.3, 0.4) is 0 Å². The molecule has 0 aliphatic carbocycles. The Labute approximate surface area is 197 Å². The topological polar surface area (TPSA) is 117 Å². The summed E-state index contributed by atoms with van der Waals surface area (Å²) in [6, 6.07) is 11.8. The lowest BCUT2D eigenvalue weighted by Crippen LogP contribution is -2.40. The van der Waals surface area contributed by atoms with Gasteiger partial charge in [-0.05, 0) is 63.3 Å². The number of hydrogen-bond acceptors (Lipinski definition) is 5. The van der Waals surface area contributed by atoms with Crippen LogP contribution < -0.4 is 16.2 Å². The van der Waals surface area contributed by atoms with Gasteiger partial charge in [-0.2, -0.15) is 0 Å². The molecule has 0 unspecified atom stereocenters. The van der Waals surface area contributed by atoms with Crippen molar-refractivity contribution in [3.8, 4) is 0 Å². The lowest BCUT2D eigenvalue weighted by Gasteiger charge is -2.20. The number of hydrogen-bond donors (Lipinski definition) is 3. The molecule has 0 saturated heterocycles. The van der Waals surface area contributed by atoms with Gasteiger partial charge in [0, 0.05) is 22.7 Å². The van der Waals surface area contributed by atoms with Crippen LogP contribution in [0.5, 0.6) is 0 Å². The Morgan fingerprint density at radius 3 is 2.44 bits per heavy atom. The number of carbonyl (C=O) groups excluding carboxylic acids is 3. The van der Waals surface area contributed by atoms with Gasteiger partial charge in [-0.3, -0.25) is 14.4 Å². The van der Waals surface area contributed by atoms with Crippen LogP contribution in [-0.2, 0) is 9.53 Å². The van der Waals surface area contributed by atoms with Crippen molar-refractivity contribution in [1.29, 1.82) is 0 Å². The van der Waals surface area contributed by atoms with Gasteiger partial charge in [0.1, 0.15) is 12.1 Å². The third-order valence-electron chi connectivity index (χ3n) is 5.22. The lowest BCUT2D eigenvalue weighted by molar-refractivity contribution is -0.120. The number of nitrogens with one attached hydrogen (secondary N) is 3. The quantitative estimate of drug-likeness (QED) is 0.481. The fourth-order valence-electron chi connectivity index (χ4n) is 3.62. The van der Waals surface area contributed by atoms with Crippen LogP contribution in [0.15, 0.2) is 53.5 Å². The predicted octanol–water partition coefficient (Wildman–Crippen LogP) is 3.77. The predicted molar refractivity (Wildman–Crippen MR) is 130 cm³/mol. The van der Waals surface area contributed by atoms with Crippen molar-refractivity contribution >= 4 is 28.6 Å². The zero-order valence-electron chi connectivity index (χ0n) is 19.9. The largest absolute Gasteiger partial charge is 0.444 e. The molecule has 1 heterocycles. The molecule has 2 aromatic carbocycles. The van der Waals surface area contributed by atoms with Gasteiger partial charge in [-0.15, -0.1) is 0 Å². The molecule has 8 nitrogen and oxygen atoms in total. The van der Waals surface area contributed by atoms with Crippen LogP contribution in [0.1, 0.15) is 60.8 Å². The maximum atomic E-state index is 13.3. The Balaban J connectivity index is 1.71. The highest BCUT2D eigenvalue weighted by atomic mass is 16.6. The maximum absolute atomic E-state index is 13.3. The second kappa shape index (κ2) is 9.91. The highest BCUT2D eigenvalue weighted by molar-refractivity contribution is 6.16. The highest BCUT2D eigenvalue weighted by Crippen LogP contribution is 2.23. The number of ether oxygens (including phenoxy) is 1. The summed E-state index contributed by atoms with van der Waals surface area (Å²) in [7, 11) is 0. The first-order valence-electron chi connectivity index (χ1n) is 11.0. The monoisotopic (exact) mass is 463 g/mol. The summed E-state index contributed by atoms with van der Waals surface area (Å²) in [6.45, 7) is 8.66.